The maximum Gasteiger partial charge on any atom is 0.119 e. The van der Waals surface area contributed by atoms with Crippen LogP contribution in [0.4, 0.5) is 0 Å². The SMILES string of the molecule is CCCCCCCOc1ccc(CN2CCN(CCC#N)CC2)cc1. The van der Waals surface area contributed by atoms with Gasteiger partial charge in [-0.3, -0.25) is 9.80 Å². The number of unbranched alkanes of at least 4 members (excludes halogenated alkanes) is 4. The highest BCUT2D eigenvalue weighted by atomic mass is 16.5. The van der Waals surface area contributed by atoms with Crippen LogP contribution in [0.15, 0.2) is 24.3 Å². The predicted molar refractivity (Wildman–Crippen MR) is 103 cm³/mol. The van der Waals surface area contributed by atoms with Crippen LogP contribution >= 0.6 is 0 Å². The average Bonchev–Trinajstić information content (AvgIpc) is 2.65. The quantitative estimate of drug-likeness (QED) is 0.568. The van der Waals surface area contributed by atoms with E-state index in [1.165, 1.54) is 31.2 Å². The van der Waals surface area contributed by atoms with Gasteiger partial charge in [-0.05, 0) is 24.1 Å². The lowest BCUT2D eigenvalue weighted by molar-refractivity contribution is 0.129. The zero-order valence-corrected chi connectivity index (χ0v) is 15.8. The Bertz CT molecular complexity index is 501. The van der Waals surface area contributed by atoms with E-state index in [0.29, 0.717) is 6.42 Å². The Morgan fingerprint density at radius 1 is 0.960 bits per heavy atom. The van der Waals surface area contributed by atoms with E-state index in [9.17, 15) is 0 Å². The molecule has 1 aliphatic rings. The lowest BCUT2D eigenvalue weighted by atomic mass is 10.1. The number of nitrogens with zero attached hydrogens (tertiary/aromatic N) is 3. The summed E-state index contributed by atoms with van der Waals surface area (Å²) in [6, 6.07) is 10.8. The van der Waals surface area contributed by atoms with E-state index in [2.05, 4.69) is 47.1 Å². The Morgan fingerprint density at radius 2 is 1.64 bits per heavy atom. The Hall–Kier alpha value is -1.57. The largest absolute Gasteiger partial charge is 0.494 e. The standard InChI is InChI=1S/C21H33N3O/c1-2-3-4-5-6-18-25-21-10-8-20(9-11-21)19-24-16-14-23(15-17-24)13-7-12-22/h8-11H,2-7,13-19H2,1H3. The van der Waals surface area contributed by atoms with Crippen molar-refractivity contribution in [3.63, 3.8) is 0 Å². The van der Waals surface area contributed by atoms with E-state index in [-0.39, 0.29) is 0 Å². The molecule has 2 rings (SSSR count). The van der Waals surface area contributed by atoms with E-state index in [4.69, 9.17) is 10.00 Å². The van der Waals surface area contributed by atoms with Crippen LogP contribution in [0.1, 0.15) is 51.0 Å². The highest BCUT2D eigenvalue weighted by molar-refractivity contribution is 5.27. The van der Waals surface area contributed by atoms with Gasteiger partial charge >= 0.3 is 0 Å². The third-order valence-electron chi connectivity index (χ3n) is 4.85. The second-order valence-corrected chi connectivity index (χ2v) is 6.93. The number of nitriles is 1. The molecule has 0 aromatic heterocycles. The Morgan fingerprint density at radius 3 is 2.32 bits per heavy atom. The summed E-state index contributed by atoms with van der Waals surface area (Å²) >= 11 is 0. The van der Waals surface area contributed by atoms with Crippen molar-refractivity contribution < 1.29 is 4.74 Å². The van der Waals surface area contributed by atoms with Crippen LogP contribution in [0, 0.1) is 11.3 Å². The maximum atomic E-state index is 8.67. The molecule has 0 atom stereocenters. The van der Waals surface area contributed by atoms with Gasteiger partial charge in [-0.25, -0.2) is 0 Å². The van der Waals surface area contributed by atoms with Crippen LogP contribution in [0.2, 0.25) is 0 Å². The van der Waals surface area contributed by atoms with Crippen molar-refractivity contribution in [1.82, 2.24) is 9.80 Å². The van der Waals surface area contributed by atoms with Gasteiger partial charge in [0.1, 0.15) is 5.75 Å². The van der Waals surface area contributed by atoms with Crippen molar-refractivity contribution in [2.75, 3.05) is 39.3 Å². The molecule has 0 amide bonds. The van der Waals surface area contributed by atoms with Gasteiger partial charge in [0.15, 0.2) is 0 Å². The number of piperazine rings is 1. The molecule has 0 bridgehead atoms. The summed E-state index contributed by atoms with van der Waals surface area (Å²) < 4.78 is 5.84. The Balaban J connectivity index is 1.63. The summed E-state index contributed by atoms with van der Waals surface area (Å²) in [5.74, 6) is 0.987. The minimum atomic E-state index is 0.639. The van der Waals surface area contributed by atoms with Crippen LogP contribution in [0.5, 0.6) is 5.75 Å². The first kappa shape index (κ1) is 19.8. The predicted octanol–water partition coefficient (Wildman–Crippen LogP) is 4.07. The Labute approximate surface area is 153 Å². The molecular formula is C21H33N3O. The summed E-state index contributed by atoms with van der Waals surface area (Å²) in [5, 5.41) is 8.67. The molecule has 1 aliphatic heterocycles. The van der Waals surface area contributed by atoms with Crippen molar-refractivity contribution in [3.05, 3.63) is 29.8 Å². The number of hydrogen-bond acceptors (Lipinski definition) is 4. The van der Waals surface area contributed by atoms with Gasteiger partial charge in [-0.2, -0.15) is 5.26 Å². The van der Waals surface area contributed by atoms with E-state index in [1.807, 2.05) is 0 Å². The third kappa shape index (κ3) is 7.90. The normalized spacial score (nSPS) is 15.8. The first-order valence-corrected chi connectivity index (χ1v) is 9.85. The molecule has 0 radical (unpaired) electrons. The topological polar surface area (TPSA) is 39.5 Å². The molecule has 25 heavy (non-hydrogen) atoms. The molecular weight excluding hydrogens is 310 g/mol. The van der Waals surface area contributed by atoms with Crippen molar-refractivity contribution in [3.8, 4) is 11.8 Å². The van der Waals surface area contributed by atoms with Crippen LogP contribution in [0.25, 0.3) is 0 Å². The van der Waals surface area contributed by atoms with Gasteiger partial charge in [0.25, 0.3) is 0 Å². The van der Waals surface area contributed by atoms with Crippen molar-refractivity contribution in [2.24, 2.45) is 0 Å². The average molecular weight is 344 g/mol. The molecule has 1 saturated heterocycles. The Kier molecular flexibility index (Phi) is 9.40. The van der Waals surface area contributed by atoms with E-state index in [0.717, 1.165) is 58.0 Å². The van der Waals surface area contributed by atoms with Crippen LogP contribution in [0.3, 0.4) is 0 Å². The van der Waals surface area contributed by atoms with Gasteiger partial charge in [0.05, 0.1) is 12.7 Å². The van der Waals surface area contributed by atoms with E-state index in [1.54, 1.807) is 0 Å². The third-order valence-corrected chi connectivity index (χ3v) is 4.85. The monoisotopic (exact) mass is 343 g/mol. The van der Waals surface area contributed by atoms with Crippen molar-refractivity contribution in [1.29, 1.82) is 5.26 Å². The lowest BCUT2D eigenvalue weighted by Crippen LogP contribution is -2.46. The van der Waals surface area contributed by atoms with E-state index >= 15 is 0 Å². The van der Waals surface area contributed by atoms with Gasteiger partial charge < -0.3 is 4.74 Å². The summed E-state index contributed by atoms with van der Waals surface area (Å²) in [6.45, 7) is 9.30. The molecule has 138 valence electrons. The van der Waals surface area contributed by atoms with Gasteiger partial charge in [0, 0.05) is 45.7 Å². The molecule has 0 N–H and O–H groups in total. The zero-order chi connectivity index (χ0) is 17.7. The smallest absolute Gasteiger partial charge is 0.119 e. The van der Waals surface area contributed by atoms with Gasteiger partial charge in [-0.15, -0.1) is 0 Å². The molecule has 1 heterocycles. The molecule has 1 aromatic carbocycles. The lowest BCUT2D eigenvalue weighted by Gasteiger charge is -2.34. The fourth-order valence-electron chi connectivity index (χ4n) is 3.22. The summed E-state index contributed by atoms with van der Waals surface area (Å²) in [6.07, 6.45) is 7.01. The molecule has 4 nitrogen and oxygen atoms in total. The fraction of sp³-hybridized carbons (Fsp3) is 0.667. The minimum Gasteiger partial charge on any atom is -0.494 e. The van der Waals surface area contributed by atoms with Crippen LogP contribution in [-0.4, -0.2) is 49.1 Å². The molecule has 0 unspecified atom stereocenters. The van der Waals surface area contributed by atoms with Crippen LogP contribution < -0.4 is 4.74 Å². The van der Waals surface area contributed by atoms with E-state index < -0.39 is 0 Å². The van der Waals surface area contributed by atoms with Gasteiger partial charge in [-0.1, -0.05) is 44.7 Å². The number of rotatable bonds is 11. The first-order valence-electron chi connectivity index (χ1n) is 9.85. The number of benzene rings is 1. The van der Waals surface area contributed by atoms with Crippen LogP contribution in [-0.2, 0) is 6.54 Å². The van der Waals surface area contributed by atoms with Crippen molar-refractivity contribution in [2.45, 2.75) is 52.0 Å². The molecule has 0 saturated carbocycles. The number of hydrogen-bond donors (Lipinski definition) is 0. The highest BCUT2D eigenvalue weighted by Gasteiger charge is 2.16. The highest BCUT2D eigenvalue weighted by Crippen LogP contribution is 2.15. The maximum absolute atomic E-state index is 8.67. The summed E-state index contributed by atoms with van der Waals surface area (Å²) in [7, 11) is 0. The molecule has 0 aliphatic carbocycles. The van der Waals surface area contributed by atoms with Gasteiger partial charge in [0.2, 0.25) is 0 Å². The summed E-state index contributed by atoms with van der Waals surface area (Å²) in [4.78, 5) is 4.88. The second kappa shape index (κ2) is 11.9. The van der Waals surface area contributed by atoms with Crippen molar-refractivity contribution >= 4 is 0 Å². The fourth-order valence-corrected chi connectivity index (χ4v) is 3.22. The molecule has 4 heteroatoms. The summed E-state index contributed by atoms with van der Waals surface area (Å²) in [5.41, 5.74) is 1.35. The molecule has 1 fully saturated rings. The second-order valence-electron chi connectivity index (χ2n) is 6.93. The first-order chi connectivity index (χ1) is 12.3. The number of ether oxygens (including phenoxy) is 1. The zero-order valence-electron chi connectivity index (χ0n) is 15.8. The molecule has 0 spiro atoms. The minimum absolute atomic E-state index is 0.639. The molecule has 1 aromatic rings.